The quantitative estimate of drug-likeness (QED) is 0.840. The third-order valence-corrected chi connectivity index (χ3v) is 5.80. The van der Waals surface area contributed by atoms with Gasteiger partial charge < -0.3 is 10.6 Å². The van der Waals surface area contributed by atoms with E-state index in [0.29, 0.717) is 36.5 Å². The normalized spacial score (nSPS) is 17.2. The predicted molar refractivity (Wildman–Crippen MR) is 85.5 cm³/mol. The van der Waals surface area contributed by atoms with Crippen molar-refractivity contribution in [3.8, 4) is 0 Å². The van der Waals surface area contributed by atoms with Gasteiger partial charge in [0.1, 0.15) is 5.00 Å². The molecule has 1 aromatic rings. The van der Waals surface area contributed by atoms with Crippen LogP contribution in [0.4, 0.5) is 5.00 Å². The zero-order chi connectivity index (χ0) is 16.3. The fraction of sp³-hybridized carbons (Fsp3) is 0.538. The summed E-state index contributed by atoms with van der Waals surface area (Å²) in [5, 5.41) is 7.57. The van der Waals surface area contributed by atoms with E-state index in [0.717, 1.165) is 0 Å². The largest absolute Gasteiger partial charge is 0.355 e. The predicted octanol–water partition coefficient (Wildman–Crippen LogP) is 0.718. The fourth-order valence-corrected chi connectivity index (χ4v) is 4.04. The minimum atomic E-state index is -3.20. The molecule has 2 N–H and O–H groups in total. The molecule has 0 aliphatic carbocycles. The Bertz CT molecular complexity index is 661. The van der Waals surface area contributed by atoms with Gasteiger partial charge in [-0.1, -0.05) is 0 Å². The molecule has 2 amide bonds. The second-order valence-corrected chi connectivity index (χ2v) is 8.07. The molecule has 0 spiro atoms. The van der Waals surface area contributed by atoms with Crippen LogP contribution in [0.1, 0.15) is 23.2 Å². The van der Waals surface area contributed by atoms with Crippen LogP contribution in [0.5, 0.6) is 0 Å². The summed E-state index contributed by atoms with van der Waals surface area (Å²) < 4.78 is 24.3. The summed E-state index contributed by atoms with van der Waals surface area (Å²) in [7, 11) is -1.66. The molecule has 7 nitrogen and oxygen atoms in total. The minimum Gasteiger partial charge on any atom is -0.355 e. The van der Waals surface area contributed by atoms with Gasteiger partial charge in [0.2, 0.25) is 15.9 Å². The molecule has 0 bridgehead atoms. The van der Waals surface area contributed by atoms with Gasteiger partial charge in [-0.25, -0.2) is 12.7 Å². The Morgan fingerprint density at radius 2 is 1.95 bits per heavy atom. The van der Waals surface area contributed by atoms with E-state index >= 15 is 0 Å². The van der Waals surface area contributed by atoms with Crippen molar-refractivity contribution in [1.29, 1.82) is 0 Å². The standard InChI is InChI=1S/C13H19N3O4S2/c1-14-12(18)10-5-8-21-13(10)15-11(17)9-3-6-16(7-4-9)22(2,19)20/h5,8-9H,3-4,6-7H2,1-2H3,(H,14,18)(H,15,17). The van der Waals surface area contributed by atoms with E-state index in [1.165, 1.54) is 28.9 Å². The first kappa shape index (κ1) is 16.9. The summed E-state index contributed by atoms with van der Waals surface area (Å²) in [6, 6.07) is 1.66. The van der Waals surface area contributed by atoms with Crippen LogP contribution in [0.3, 0.4) is 0 Å². The Morgan fingerprint density at radius 1 is 1.32 bits per heavy atom. The zero-order valence-corrected chi connectivity index (χ0v) is 14.1. The van der Waals surface area contributed by atoms with Crippen LogP contribution in [-0.2, 0) is 14.8 Å². The second kappa shape index (κ2) is 6.76. The van der Waals surface area contributed by atoms with Crippen molar-refractivity contribution >= 4 is 38.2 Å². The van der Waals surface area contributed by atoms with Crippen LogP contribution in [0.2, 0.25) is 0 Å². The number of thiophene rings is 1. The van der Waals surface area contributed by atoms with Crippen LogP contribution < -0.4 is 10.6 Å². The Kier molecular flexibility index (Phi) is 5.20. The number of piperidine rings is 1. The first-order valence-electron chi connectivity index (χ1n) is 6.88. The number of hydrogen-bond acceptors (Lipinski definition) is 5. The average Bonchev–Trinajstić information content (AvgIpc) is 2.93. The average molecular weight is 345 g/mol. The molecule has 9 heteroatoms. The Balaban J connectivity index is 1.97. The van der Waals surface area contributed by atoms with Gasteiger partial charge >= 0.3 is 0 Å². The summed E-state index contributed by atoms with van der Waals surface area (Å²) in [5.74, 6) is -0.651. The number of amides is 2. The van der Waals surface area contributed by atoms with E-state index in [1.54, 1.807) is 11.4 Å². The molecule has 1 aliphatic rings. The van der Waals surface area contributed by atoms with Crippen LogP contribution in [0.15, 0.2) is 11.4 Å². The van der Waals surface area contributed by atoms with Crippen LogP contribution in [-0.4, -0.2) is 50.9 Å². The van der Waals surface area contributed by atoms with Crippen molar-refractivity contribution in [3.63, 3.8) is 0 Å². The highest BCUT2D eigenvalue weighted by atomic mass is 32.2. The van der Waals surface area contributed by atoms with E-state index in [9.17, 15) is 18.0 Å². The van der Waals surface area contributed by atoms with Gasteiger partial charge in [-0.3, -0.25) is 9.59 Å². The minimum absolute atomic E-state index is 0.166. The van der Waals surface area contributed by atoms with Crippen molar-refractivity contribution in [3.05, 3.63) is 17.0 Å². The summed E-state index contributed by atoms with van der Waals surface area (Å²) >= 11 is 1.29. The molecule has 0 aromatic carbocycles. The Hall–Kier alpha value is -1.45. The lowest BCUT2D eigenvalue weighted by molar-refractivity contribution is -0.120. The number of carbonyl (C=O) groups excluding carboxylic acids is 2. The second-order valence-electron chi connectivity index (χ2n) is 5.17. The van der Waals surface area contributed by atoms with E-state index in [2.05, 4.69) is 10.6 Å². The number of hydrogen-bond donors (Lipinski definition) is 2. The van der Waals surface area contributed by atoms with Gasteiger partial charge in [-0.2, -0.15) is 0 Å². The van der Waals surface area contributed by atoms with Crippen LogP contribution >= 0.6 is 11.3 Å². The lowest BCUT2D eigenvalue weighted by Crippen LogP contribution is -2.40. The lowest BCUT2D eigenvalue weighted by Gasteiger charge is -2.29. The number of nitrogens with one attached hydrogen (secondary N) is 2. The molecular formula is C13H19N3O4S2. The molecule has 122 valence electrons. The van der Waals surface area contributed by atoms with Crippen molar-refractivity contribution in [2.75, 3.05) is 31.7 Å². The first-order chi connectivity index (χ1) is 10.3. The molecule has 0 saturated carbocycles. The molecular weight excluding hydrogens is 326 g/mol. The van der Waals surface area contributed by atoms with E-state index in [4.69, 9.17) is 0 Å². The van der Waals surface area contributed by atoms with Gasteiger partial charge in [-0.15, -0.1) is 11.3 Å². The maximum atomic E-state index is 12.3. The summed E-state index contributed by atoms with van der Waals surface area (Å²) in [4.78, 5) is 24.0. The molecule has 1 fully saturated rings. The van der Waals surface area contributed by atoms with Gasteiger partial charge in [0.25, 0.3) is 5.91 Å². The van der Waals surface area contributed by atoms with Crippen LogP contribution in [0.25, 0.3) is 0 Å². The highest BCUT2D eigenvalue weighted by molar-refractivity contribution is 7.88. The number of anilines is 1. The summed E-state index contributed by atoms with van der Waals surface area (Å²) in [6.07, 6.45) is 2.15. The first-order valence-corrected chi connectivity index (χ1v) is 9.61. The molecule has 1 saturated heterocycles. The van der Waals surface area contributed by atoms with E-state index in [-0.39, 0.29) is 17.7 Å². The number of rotatable bonds is 4. The zero-order valence-electron chi connectivity index (χ0n) is 12.5. The van der Waals surface area contributed by atoms with Crippen molar-refractivity contribution in [2.45, 2.75) is 12.8 Å². The molecule has 0 radical (unpaired) electrons. The smallest absolute Gasteiger partial charge is 0.254 e. The van der Waals surface area contributed by atoms with Gasteiger partial charge in [0, 0.05) is 26.1 Å². The summed E-state index contributed by atoms with van der Waals surface area (Å²) in [5.41, 5.74) is 0.439. The lowest BCUT2D eigenvalue weighted by atomic mass is 9.97. The third kappa shape index (κ3) is 3.84. The SMILES string of the molecule is CNC(=O)c1ccsc1NC(=O)C1CCN(S(C)(=O)=O)CC1. The molecule has 0 unspecified atom stereocenters. The van der Waals surface area contributed by atoms with Crippen molar-refractivity contribution in [2.24, 2.45) is 5.92 Å². The number of nitrogens with zero attached hydrogens (tertiary/aromatic N) is 1. The maximum absolute atomic E-state index is 12.3. The van der Waals surface area contributed by atoms with Crippen LogP contribution in [0, 0.1) is 5.92 Å². The van der Waals surface area contributed by atoms with Crippen molar-refractivity contribution in [1.82, 2.24) is 9.62 Å². The third-order valence-electron chi connectivity index (χ3n) is 3.67. The number of carbonyl (C=O) groups is 2. The molecule has 0 atom stereocenters. The Morgan fingerprint density at radius 3 is 2.50 bits per heavy atom. The molecule has 2 heterocycles. The topological polar surface area (TPSA) is 95.6 Å². The molecule has 22 heavy (non-hydrogen) atoms. The van der Waals surface area contributed by atoms with Gasteiger partial charge in [0.15, 0.2) is 0 Å². The molecule has 2 rings (SSSR count). The molecule has 1 aromatic heterocycles. The van der Waals surface area contributed by atoms with Crippen molar-refractivity contribution < 1.29 is 18.0 Å². The van der Waals surface area contributed by atoms with E-state index < -0.39 is 10.0 Å². The highest BCUT2D eigenvalue weighted by Crippen LogP contribution is 2.26. The van der Waals surface area contributed by atoms with Gasteiger partial charge in [0.05, 0.1) is 11.8 Å². The Labute approximate surface area is 133 Å². The highest BCUT2D eigenvalue weighted by Gasteiger charge is 2.29. The van der Waals surface area contributed by atoms with E-state index in [1.807, 2.05) is 0 Å². The maximum Gasteiger partial charge on any atom is 0.254 e. The summed E-state index contributed by atoms with van der Waals surface area (Å²) in [6.45, 7) is 0.702. The fourth-order valence-electron chi connectivity index (χ4n) is 2.38. The molecule has 1 aliphatic heterocycles. The van der Waals surface area contributed by atoms with Gasteiger partial charge in [-0.05, 0) is 24.3 Å². The number of sulfonamides is 1. The monoisotopic (exact) mass is 345 g/mol.